The van der Waals surface area contributed by atoms with Crippen molar-refractivity contribution in [3.05, 3.63) is 90.3 Å². The average Bonchev–Trinajstić information content (AvgIpc) is 2.74. The van der Waals surface area contributed by atoms with Gasteiger partial charge in [-0.05, 0) is 29.8 Å². The minimum Gasteiger partial charge on any atom is -0.344 e. The number of aromatic nitrogens is 1. The molecule has 1 aliphatic rings. The lowest BCUT2D eigenvalue weighted by Gasteiger charge is -2.25. The third kappa shape index (κ3) is 4.07. The van der Waals surface area contributed by atoms with Crippen molar-refractivity contribution in [1.82, 2.24) is 10.3 Å². The summed E-state index contributed by atoms with van der Waals surface area (Å²) in [5, 5.41) is 5.46. The molecule has 6 heteroatoms. The number of rotatable bonds is 5. The lowest BCUT2D eigenvalue weighted by molar-refractivity contribution is -0.124. The summed E-state index contributed by atoms with van der Waals surface area (Å²) in [6.07, 6.45) is 1.81. The fourth-order valence-electron chi connectivity index (χ4n) is 3.14. The quantitative estimate of drug-likeness (QED) is 0.696. The molecule has 28 heavy (non-hydrogen) atoms. The zero-order chi connectivity index (χ0) is 19.3. The van der Waals surface area contributed by atoms with E-state index in [0.717, 1.165) is 21.8 Å². The molecular formula is C22H19N3O2S. The van der Waals surface area contributed by atoms with Crippen LogP contribution in [0.4, 0.5) is 5.69 Å². The Kier molecular flexibility index (Phi) is 5.39. The van der Waals surface area contributed by atoms with Gasteiger partial charge in [0.05, 0.1) is 22.7 Å². The Labute approximate surface area is 167 Å². The van der Waals surface area contributed by atoms with Crippen molar-refractivity contribution in [2.75, 3.05) is 5.32 Å². The van der Waals surface area contributed by atoms with Gasteiger partial charge in [0, 0.05) is 17.5 Å². The summed E-state index contributed by atoms with van der Waals surface area (Å²) in [5.41, 5.74) is 2.50. The van der Waals surface area contributed by atoms with Gasteiger partial charge < -0.3 is 10.6 Å². The van der Waals surface area contributed by atoms with E-state index in [1.54, 1.807) is 6.20 Å². The topological polar surface area (TPSA) is 71.1 Å². The summed E-state index contributed by atoms with van der Waals surface area (Å²) in [6, 6.07) is 22.6. The van der Waals surface area contributed by atoms with Crippen molar-refractivity contribution in [1.29, 1.82) is 0 Å². The van der Waals surface area contributed by atoms with Crippen LogP contribution in [-0.2, 0) is 9.59 Å². The molecule has 2 aromatic carbocycles. The molecule has 2 heterocycles. The molecule has 1 aliphatic heterocycles. The molecule has 140 valence electrons. The molecule has 0 radical (unpaired) electrons. The Bertz CT molecular complexity index is 940. The fourth-order valence-corrected chi connectivity index (χ4v) is 4.25. The molecule has 3 aromatic rings. The van der Waals surface area contributed by atoms with Crippen LogP contribution in [0.1, 0.15) is 23.7 Å². The summed E-state index contributed by atoms with van der Waals surface area (Å²) >= 11 is 1.42. The van der Waals surface area contributed by atoms with E-state index in [2.05, 4.69) is 15.6 Å². The highest BCUT2D eigenvalue weighted by atomic mass is 32.2. The molecule has 2 atom stereocenters. The van der Waals surface area contributed by atoms with Gasteiger partial charge >= 0.3 is 0 Å². The predicted molar refractivity (Wildman–Crippen MR) is 110 cm³/mol. The number of fused-ring (bicyclic) bond motifs is 1. The van der Waals surface area contributed by atoms with E-state index in [1.165, 1.54) is 11.8 Å². The van der Waals surface area contributed by atoms with Crippen LogP contribution in [0, 0.1) is 0 Å². The van der Waals surface area contributed by atoms with Gasteiger partial charge in [0.1, 0.15) is 0 Å². The van der Waals surface area contributed by atoms with E-state index >= 15 is 0 Å². The first kappa shape index (κ1) is 18.3. The number of amides is 2. The zero-order valence-electron chi connectivity index (χ0n) is 15.0. The fraction of sp³-hybridized carbons (Fsp3) is 0.136. The van der Waals surface area contributed by atoms with Crippen LogP contribution in [0.3, 0.4) is 0 Å². The minimum absolute atomic E-state index is 0.0982. The third-order valence-electron chi connectivity index (χ3n) is 4.50. The number of hydrogen-bond acceptors (Lipinski definition) is 4. The first-order valence-corrected chi connectivity index (χ1v) is 9.90. The Morgan fingerprint density at radius 1 is 1.04 bits per heavy atom. The number of anilines is 1. The molecule has 1 aromatic heterocycles. The van der Waals surface area contributed by atoms with Crippen molar-refractivity contribution in [3.8, 4) is 0 Å². The molecule has 0 spiro atoms. The summed E-state index contributed by atoms with van der Waals surface area (Å²) in [7, 11) is 0. The van der Waals surface area contributed by atoms with Crippen molar-refractivity contribution in [2.24, 2.45) is 0 Å². The second-order valence-electron chi connectivity index (χ2n) is 6.46. The summed E-state index contributed by atoms with van der Waals surface area (Å²) < 4.78 is 0. The SMILES string of the molecule is O=C(CC1Sc2ccccc2NC1=O)NC(c1ccccc1)c1ccccn1. The highest BCUT2D eigenvalue weighted by Gasteiger charge is 2.29. The van der Waals surface area contributed by atoms with Gasteiger partial charge in [-0.3, -0.25) is 14.6 Å². The number of hydrogen-bond donors (Lipinski definition) is 2. The van der Waals surface area contributed by atoms with Crippen molar-refractivity contribution in [3.63, 3.8) is 0 Å². The van der Waals surface area contributed by atoms with Crippen LogP contribution in [-0.4, -0.2) is 22.0 Å². The Morgan fingerprint density at radius 3 is 2.57 bits per heavy atom. The standard InChI is InChI=1S/C22H19N3O2S/c26-20(14-19-22(27)24-16-10-4-5-12-18(16)28-19)25-21(15-8-2-1-3-9-15)17-11-6-7-13-23-17/h1-13,19,21H,14H2,(H,24,27)(H,25,26). The molecule has 0 aliphatic carbocycles. The first-order valence-electron chi connectivity index (χ1n) is 9.02. The van der Waals surface area contributed by atoms with E-state index in [4.69, 9.17) is 0 Å². The van der Waals surface area contributed by atoms with Crippen molar-refractivity contribution in [2.45, 2.75) is 22.6 Å². The van der Waals surface area contributed by atoms with E-state index in [1.807, 2.05) is 72.8 Å². The molecule has 0 fully saturated rings. The van der Waals surface area contributed by atoms with Gasteiger partial charge in [-0.15, -0.1) is 11.8 Å². The minimum atomic E-state index is -0.463. The van der Waals surface area contributed by atoms with Gasteiger partial charge in [-0.2, -0.15) is 0 Å². The molecular weight excluding hydrogens is 370 g/mol. The lowest BCUT2D eigenvalue weighted by Crippen LogP contribution is -2.36. The van der Waals surface area contributed by atoms with Crippen LogP contribution in [0.2, 0.25) is 0 Å². The Morgan fingerprint density at radius 2 is 1.79 bits per heavy atom. The second kappa shape index (κ2) is 8.27. The number of nitrogens with one attached hydrogen (secondary N) is 2. The van der Waals surface area contributed by atoms with E-state index in [0.29, 0.717) is 0 Å². The Hall–Kier alpha value is -3.12. The predicted octanol–water partition coefficient (Wildman–Crippen LogP) is 3.79. The number of benzene rings is 2. The molecule has 5 nitrogen and oxygen atoms in total. The number of para-hydroxylation sites is 1. The van der Waals surface area contributed by atoms with Gasteiger partial charge in [-0.25, -0.2) is 0 Å². The summed E-state index contributed by atoms with van der Waals surface area (Å²) in [5.74, 6) is -0.334. The average molecular weight is 389 g/mol. The van der Waals surface area contributed by atoms with E-state index in [9.17, 15) is 9.59 Å². The highest BCUT2D eigenvalue weighted by Crippen LogP contribution is 2.36. The number of carbonyl (C=O) groups is 2. The lowest BCUT2D eigenvalue weighted by atomic mass is 10.0. The van der Waals surface area contributed by atoms with Gasteiger partial charge in [-0.1, -0.05) is 48.5 Å². The summed E-state index contributed by atoms with van der Waals surface area (Å²) in [6.45, 7) is 0. The maximum atomic E-state index is 12.8. The Balaban J connectivity index is 1.50. The van der Waals surface area contributed by atoms with Gasteiger partial charge in [0.2, 0.25) is 11.8 Å². The molecule has 2 unspecified atom stereocenters. The number of carbonyl (C=O) groups excluding carboxylic acids is 2. The normalized spacial score (nSPS) is 16.6. The number of pyridine rings is 1. The zero-order valence-corrected chi connectivity index (χ0v) is 15.9. The number of thioether (sulfide) groups is 1. The van der Waals surface area contributed by atoms with E-state index < -0.39 is 5.25 Å². The first-order chi connectivity index (χ1) is 13.7. The highest BCUT2D eigenvalue weighted by molar-refractivity contribution is 8.01. The monoisotopic (exact) mass is 389 g/mol. The number of nitrogens with zero attached hydrogens (tertiary/aromatic N) is 1. The second-order valence-corrected chi connectivity index (χ2v) is 7.71. The molecule has 2 amide bonds. The van der Waals surface area contributed by atoms with Crippen LogP contribution in [0.5, 0.6) is 0 Å². The van der Waals surface area contributed by atoms with E-state index in [-0.39, 0.29) is 24.3 Å². The van der Waals surface area contributed by atoms with Crippen LogP contribution < -0.4 is 10.6 Å². The summed E-state index contributed by atoms with van der Waals surface area (Å²) in [4.78, 5) is 30.6. The van der Waals surface area contributed by atoms with Crippen LogP contribution >= 0.6 is 11.8 Å². The van der Waals surface area contributed by atoms with Crippen LogP contribution in [0.25, 0.3) is 0 Å². The van der Waals surface area contributed by atoms with Gasteiger partial charge in [0.25, 0.3) is 0 Å². The largest absolute Gasteiger partial charge is 0.344 e. The smallest absolute Gasteiger partial charge is 0.238 e. The molecule has 0 bridgehead atoms. The third-order valence-corrected chi connectivity index (χ3v) is 5.77. The molecule has 0 saturated carbocycles. The van der Waals surface area contributed by atoms with Crippen molar-refractivity contribution < 1.29 is 9.59 Å². The molecule has 2 N–H and O–H groups in total. The molecule has 4 rings (SSSR count). The van der Waals surface area contributed by atoms with Crippen LogP contribution in [0.15, 0.2) is 83.9 Å². The maximum Gasteiger partial charge on any atom is 0.238 e. The van der Waals surface area contributed by atoms with Gasteiger partial charge in [0.15, 0.2) is 0 Å². The molecule has 0 saturated heterocycles. The van der Waals surface area contributed by atoms with Crippen molar-refractivity contribution >= 4 is 29.3 Å². The maximum absolute atomic E-state index is 12.8.